The van der Waals surface area contributed by atoms with E-state index in [0.717, 1.165) is 24.2 Å². The second-order valence-electron chi connectivity index (χ2n) is 4.81. The van der Waals surface area contributed by atoms with Crippen molar-refractivity contribution >= 4 is 12.6 Å². The van der Waals surface area contributed by atoms with E-state index in [-0.39, 0.29) is 0 Å². The van der Waals surface area contributed by atoms with Gasteiger partial charge >= 0.3 is 7.12 Å². The average molecular weight is 259 g/mol. The van der Waals surface area contributed by atoms with Crippen molar-refractivity contribution in [3.8, 4) is 0 Å². The summed E-state index contributed by atoms with van der Waals surface area (Å²) in [7, 11) is 2.51. The monoisotopic (exact) mass is 259 g/mol. The van der Waals surface area contributed by atoms with Crippen molar-refractivity contribution < 1.29 is 10.0 Å². The van der Waals surface area contributed by atoms with Gasteiger partial charge < -0.3 is 10.0 Å². The molecule has 0 aliphatic carbocycles. The minimum atomic E-state index is -1.41. The fourth-order valence-corrected chi connectivity index (χ4v) is 2.08. The molecule has 2 N–H and O–H groups in total. The number of nitrogens with zero attached hydrogens (tertiary/aromatic N) is 3. The van der Waals surface area contributed by atoms with Crippen LogP contribution in [0.25, 0.3) is 0 Å². The van der Waals surface area contributed by atoms with Gasteiger partial charge in [-0.1, -0.05) is 24.3 Å². The number of hydrogen-bond donors (Lipinski definition) is 2. The smallest absolute Gasteiger partial charge is 0.423 e. The average Bonchev–Trinajstić information content (AvgIpc) is 2.74. The molecule has 0 fully saturated rings. The van der Waals surface area contributed by atoms with Gasteiger partial charge in [0.15, 0.2) is 0 Å². The maximum absolute atomic E-state index is 9.15. The summed E-state index contributed by atoms with van der Waals surface area (Å²) in [6.45, 7) is 1.55. The molecule has 0 spiro atoms. The molecular weight excluding hydrogens is 241 g/mol. The van der Waals surface area contributed by atoms with Crippen LogP contribution in [0.15, 0.2) is 36.7 Å². The summed E-state index contributed by atoms with van der Waals surface area (Å²) in [6, 6.07) is 7.33. The largest absolute Gasteiger partial charge is 0.488 e. The van der Waals surface area contributed by atoms with Crippen molar-refractivity contribution in [2.45, 2.75) is 13.1 Å². The Morgan fingerprint density at radius 2 is 2.00 bits per heavy atom. The lowest BCUT2D eigenvalue weighted by Crippen LogP contribution is -2.30. The van der Waals surface area contributed by atoms with Crippen molar-refractivity contribution in [2.24, 2.45) is 7.05 Å². The van der Waals surface area contributed by atoms with Gasteiger partial charge in [-0.25, -0.2) is 0 Å². The van der Waals surface area contributed by atoms with Gasteiger partial charge in [0, 0.05) is 31.9 Å². The van der Waals surface area contributed by atoms with Crippen molar-refractivity contribution in [3.05, 3.63) is 47.8 Å². The number of rotatable bonds is 5. The predicted molar refractivity (Wildman–Crippen MR) is 74.6 cm³/mol. The van der Waals surface area contributed by atoms with Crippen molar-refractivity contribution in [3.63, 3.8) is 0 Å². The normalized spacial score (nSPS) is 11.0. The molecular formula is C13H18BN3O2. The number of aryl methyl sites for hydroxylation is 1. The van der Waals surface area contributed by atoms with E-state index in [0.29, 0.717) is 5.46 Å². The fourth-order valence-electron chi connectivity index (χ4n) is 2.08. The van der Waals surface area contributed by atoms with Crippen molar-refractivity contribution in [1.29, 1.82) is 0 Å². The number of aromatic nitrogens is 2. The van der Waals surface area contributed by atoms with E-state index >= 15 is 0 Å². The molecule has 1 heterocycles. The lowest BCUT2D eigenvalue weighted by atomic mass is 9.79. The standard InChI is InChI=1S/C13H18BN3O2/c1-16(9-12-7-15-17(2)10-12)8-11-4-3-5-13(6-11)14(18)19/h3-7,10,18-19H,8-9H2,1-2H3. The van der Waals surface area contributed by atoms with Gasteiger partial charge in [0.05, 0.1) is 6.20 Å². The van der Waals surface area contributed by atoms with Crippen LogP contribution >= 0.6 is 0 Å². The Kier molecular flexibility index (Phi) is 4.37. The van der Waals surface area contributed by atoms with Crippen LogP contribution in [-0.2, 0) is 20.1 Å². The van der Waals surface area contributed by atoms with E-state index in [2.05, 4.69) is 10.00 Å². The second kappa shape index (κ2) is 6.01. The van der Waals surface area contributed by atoms with Crippen LogP contribution in [0.2, 0.25) is 0 Å². The second-order valence-corrected chi connectivity index (χ2v) is 4.81. The Balaban J connectivity index is 1.98. The van der Waals surface area contributed by atoms with Crippen LogP contribution in [0.3, 0.4) is 0 Å². The molecule has 0 unspecified atom stereocenters. The van der Waals surface area contributed by atoms with Gasteiger partial charge in [-0.15, -0.1) is 0 Å². The van der Waals surface area contributed by atoms with Crippen LogP contribution < -0.4 is 5.46 Å². The molecule has 0 saturated heterocycles. The van der Waals surface area contributed by atoms with Crippen LogP contribution in [0, 0.1) is 0 Å². The van der Waals surface area contributed by atoms with Crippen LogP contribution in [-0.4, -0.2) is 38.9 Å². The van der Waals surface area contributed by atoms with Crippen molar-refractivity contribution in [2.75, 3.05) is 7.05 Å². The highest BCUT2D eigenvalue weighted by molar-refractivity contribution is 6.58. The summed E-state index contributed by atoms with van der Waals surface area (Å²) in [5.74, 6) is 0. The quantitative estimate of drug-likeness (QED) is 0.726. The summed E-state index contributed by atoms with van der Waals surface area (Å²) in [5.41, 5.74) is 2.73. The molecule has 1 aromatic heterocycles. The molecule has 2 rings (SSSR count). The van der Waals surface area contributed by atoms with Gasteiger partial charge in [0.25, 0.3) is 0 Å². The third-order valence-corrected chi connectivity index (χ3v) is 2.91. The molecule has 0 bridgehead atoms. The number of hydrogen-bond acceptors (Lipinski definition) is 4. The van der Waals surface area contributed by atoms with Crippen LogP contribution in [0.4, 0.5) is 0 Å². The third-order valence-electron chi connectivity index (χ3n) is 2.91. The van der Waals surface area contributed by atoms with Crippen LogP contribution in [0.1, 0.15) is 11.1 Å². The first kappa shape index (κ1) is 13.8. The highest BCUT2D eigenvalue weighted by Gasteiger charge is 2.11. The van der Waals surface area contributed by atoms with Gasteiger partial charge in [-0.05, 0) is 18.1 Å². The molecule has 2 aromatic rings. The van der Waals surface area contributed by atoms with Gasteiger partial charge in [-0.2, -0.15) is 5.10 Å². The van der Waals surface area contributed by atoms with E-state index in [9.17, 15) is 0 Å². The topological polar surface area (TPSA) is 61.5 Å². The first-order chi connectivity index (χ1) is 9.04. The zero-order chi connectivity index (χ0) is 13.8. The first-order valence-electron chi connectivity index (χ1n) is 6.15. The lowest BCUT2D eigenvalue weighted by Gasteiger charge is -2.16. The highest BCUT2D eigenvalue weighted by Crippen LogP contribution is 2.06. The summed E-state index contributed by atoms with van der Waals surface area (Å²) in [5, 5.41) is 22.4. The highest BCUT2D eigenvalue weighted by atomic mass is 16.4. The maximum atomic E-state index is 9.15. The van der Waals surface area contributed by atoms with E-state index in [1.54, 1.807) is 10.7 Å². The molecule has 0 atom stereocenters. The minimum Gasteiger partial charge on any atom is -0.423 e. The van der Waals surface area contributed by atoms with E-state index in [1.807, 2.05) is 44.7 Å². The molecule has 0 aliphatic rings. The Morgan fingerprint density at radius 3 is 2.63 bits per heavy atom. The summed E-state index contributed by atoms with van der Waals surface area (Å²) in [4.78, 5) is 2.15. The van der Waals surface area contributed by atoms with Crippen LogP contribution in [0.5, 0.6) is 0 Å². The number of benzene rings is 1. The molecule has 0 amide bonds. The Bertz CT molecular complexity index is 542. The van der Waals surface area contributed by atoms with Crippen molar-refractivity contribution in [1.82, 2.24) is 14.7 Å². The zero-order valence-corrected chi connectivity index (χ0v) is 11.2. The van der Waals surface area contributed by atoms with E-state index in [4.69, 9.17) is 10.0 Å². The molecule has 1 aromatic carbocycles. The molecule has 0 radical (unpaired) electrons. The zero-order valence-electron chi connectivity index (χ0n) is 11.2. The first-order valence-corrected chi connectivity index (χ1v) is 6.15. The fraction of sp³-hybridized carbons (Fsp3) is 0.308. The molecule has 5 nitrogen and oxygen atoms in total. The molecule has 0 aliphatic heterocycles. The molecule has 100 valence electrons. The van der Waals surface area contributed by atoms with Gasteiger partial charge in [0.2, 0.25) is 0 Å². The Morgan fingerprint density at radius 1 is 1.26 bits per heavy atom. The van der Waals surface area contributed by atoms with E-state index in [1.165, 1.54) is 0 Å². The SMILES string of the molecule is CN(Cc1cccc(B(O)O)c1)Cc1cnn(C)c1. The summed E-state index contributed by atoms with van der Waals surface area (Å²) >= 11 is 0. The summed E-state index contributed by atoms with van der Waals surface area (Å²) < 4.78 is 1.78. The minimum absolute atomic E-state index is 0.521. The molecule has 6 heteroatoms. The van der Waals surface area contributed by atoms with Gasteiger partial charge in [-0.3, -0.25) is 9.58 Å². The van der Waals surface area contributed by atoms with Gasteiger partial charge in [0.1, 0.15) is 0 Å². The Hall–Kier alpha value is -1.63. The predicted octanol–water partition coefficient (Wildman–Crippen LogP) is -0.268. The molecule has 19 heavy (non-hydrogen) atoms. The third kappa shape index (κ3) is 3.92. The Labute approximate surface area is 113 Å². The summed E-state index contributed by atoms with van der Waals surface area (Å²) in [6.07, 6.45) is 3.84. The van der Waals surface area contributed by atoms with E-state index < -0.39 is 7.12 Å². The lowest BCUT2D eigenvalue weighted by molar-refractivity contribution is 0.319. The maximum Gasteiger partial charge on any atom is 0.488 e. The molecule has 0 saturated carbocycles.